The molecule has 2 heteroatoms. The van der Waals surface area contributed by atoms with Crippen molar-refractivity contribution in [1.29, 1.82) is 0 Å². The van der Waals surface area contributed by atoms with Crippen LogP contribution in [0.3, 0.4) is 0 Å². The number of likely N-dealkylation sites (tertiary alicyclic amines) is 1. The van der Waals surface area contributed by atoms with E-state index in [1.807, 2.05) is 0 Å². The number of likely N-dealkylation sites (N-methyl/N-ethyl adjacent to an activating group) is 1. The zero-order valence-electron chi connectivity index (χ0n) is 14.5. The second kappa shape index (κ2) is 6.93. The first kappa shape index (κ1) is 16.5. The molecule has 0 amide bonds. The second-order valence-corrected chi connectivity index (χ2v) is 6.76. The molecule has 0 aliphatic carbocycles. The molecule has 1 heterocycles. The lowest BCUT2D eigenvalue weighted by Crippen LogP contribution is -2.53. The number of aryl methyl sites for hydroxylation is 2. The standard InChI is InChI=1S/C19H32N2/c1-6-19(5,21-12-8-9-13-21)18(20-7-2)17-14-15(3)10-11-16(17)4/h10-11,14,18,20H,6-9,12-13H2,1-5H3. The number of hydrogen-bond acceptors (Lipinski definition) is 2. The fourth-order valence-electron chi connectivity index (χ4n) is 3.78. The van der Waals surface area contributed by atoms with Gasteiger partial charge in [-0.1, -0.05) is 37.6 Å². The van der Waals surface area contributed by atoms with Gasteiger partial charge in [0.2, 0.25) is 0 Å². The molecule has 1 fully saturated rings. The summed E-state index contributed by atoms with van der Waals surface area (Å²) in [5.41, 5.74) is 4.45. The van der Waals surface area contributed by atoms with Crippen LogP contribution in [0.25, 0.3) is 0 Å². The predicted molar refractivity (Wildman–Crippen MR) is 91.8 cm³/mol. The third-order valence-corrected chi connectivity index (χ3v) is 5.32. The first-order valence-electron chi connectivity index (χ1n) is 8.58. The smallest absolute Gasteiger partial charge is 0.0507 e. The van der Waals surface area contributed by atoms with Gasteiger partial charge in [0.25, 0.3) is 0 Å². The summed E-state index contributed by atoms with van der Waals surface area (Å²) in [6.07, 6.45) is 3.88. The Balaban J connectivity index is 2.42. The minimum Gasteiger partial charge on any atom is -0.309 e. The quantitative estimate of drug-likeness (QED) is 0.843. The highest BCUT2D eigenvalue weighted by Crippen LogP contribution is 2.37. The van der Waals surface area contributed by atoms with Crippen LogP contribution < -0.4 is 5.32 Å². The molecular weight excluding hydrogens is 256 g/mol. The SMILES string of the molecule is CCNC(c1cc(C)ccc1C)C(C)(CC)N1CCCC1. The van der Waals surface area contributed by atoms with Crippen LogP contribution >= 0.6 is 0 Å². The normalized spacial score (nSPS) is 20.4. The predicted octanol–water partition coefficient (Wildman–Crippen LogP) is 4.22. The molecule has 2 rings (SSSR count). The molecule has 1 aliphatic rings. The van der Waals surface area contributed by atoms with Crippen LogP contribution in [0.15, 0.2) is 18.2 Å². The first-order chi connectivity index (χ1) is 10.0. The highest BCUT2D eigenvalue weighted by molar-refractivity contribution is 5.35. The van der Waals surface area contributed by atoms with Gasteiger partial charge in [0.1, 0.15) is 0 Å². The molecule has 0 bridgehead atoms. The molecule has 1 aliphatic heterocycles. The fourth-order valence-corrected chi connectivity index (χ4v) is 3.78. The highest BCUT2D eigenvalue weighted by atomic mass is 15.2. The van der Waals surface area contributed by atoms with Crippen molar-refractivity contribution in [2.45, 2.75) is 65.5 Å². The van der Waals surface area contributed by atoms with Crippen molar-refractivity contribution in [3.8, 4) is 0 Å². The fraction of sp³-hybridized carbons (Fsp3) is 0.684. The van der Waals surface area contributed by atoms with Crippen LogP contribution in [0.2, 0.25) is 0 Å². The third kappa shape index (κ3) is 3.32. The molecule has 0 saturated carbocycles. The monoisotopic (exact) mass is 288 g/mol. The molecule has 1 aromatic carbocycles. The Morgan fingerprint density at radius 3 is 2.43 bits per heavy atom. The molecule has 2 unspecified atom stereocenters. The van der Waals surface area contributed by atoms with E-state index in [0.29, 0.717) is 6.04 Å². The van der Waals surface area contributed by atoms with Gasteiger partial charge >= 0.3 is 0 Å². The van der Waals surface area contributed by atoms with Crippen LogP contribution in [0.4, 0.5) is 0 Å². The van der Waals surface area contributed by atoms with Crippen molar-refractivity contribution < 1.29 is 0 Å². The Kier molecular flexibility index (Phi) is 5.45. The van der Waals surface area contributed by atoms with E-state index in [-0.39, 0.29) is 5.54 Å². The van der Waals surface area contributed by atoms with E-state index < -0.39 is 0 Å². The summed E-state index contributed by atoms with van der Waals surface area (Å²) in [5, 5.41) is 3.79. The molecule has 0 radical (unpaired) electrons. The van der Waals surface area contributed by atoms with Gasteiger partial charge in [-0.15, -0.1) is 0 Å². The van der Waals surface area contributed by atoms with Crippen LogP contribution in [0.5, 0.6) is 0 Å². The van der Waals surface area contributed by atoms with Crippen molar-refractivity contribution in [3.63, 3.8) is 0 Å². The topological polar surface area (TPSA) is 15.3 Å². The van der Waals surface area contributed by atoms with E-state index in [1.165, 1.54) is 49.0 Å². The lowest BCUT2D eigenvalue weighted by molar-refractivity contribution is 0.0844. The van der Waals surface area contributed by atoms with Gasteiger partial charge in [-0.05, 0) is 70.8 Å². The minimum absolute atomic E-state index is 0.199. The average Bonchev–Trinajstić information content (AvgIpc) is 3.01. The molecule has 1 saturated heterocycles. The minimum atomic E-state index is 0.199. The summed E-state index contributed by atoms with van der Waals surface area (Å²) in [7, 11) is 0. The lowest BCUT2D eigenvalue weighted by atomic mass is 9.81. The number of rotatable bonds is 6. The summed E-state index contributed by atoms with van der Waals surface area (Å²) in [4.78, 5) is 2.71. The van der Waals surface area contributed by atoms with Crippen molar-refractivity contribution in [1.82, 2.24) is 10.2 Å². The summed E-state index contributed by atoms with van der Waals surface area (Å²) in [5.74, 6) is 0. The first-order valence-corrected chi connectivity index (χ1v) is 8.58. The molecular formula is C19H32N2. The van der Waals surface area contributed by atoms with Gasteiger partial charge in [-0.3, -0.25) is 4.90 Å². The van der Waals surface area contributed by atoms with Gasteiger partial charge in [-0.25, -0.2) is 0 Å². The maximum atomic E-state index is 3.79. The van der Waals surface area contributed by atoms with Crippen molar-refractivity contribution in [2.24, 2.45) is 0 Å². The van der Waals surface area contributed by atoms with Gasteiger partial charge in [-0.2, -0.15) is 0 Å². The average molecular weight is 288 g/mol. The highest BCUT2D eigenvalue weighted by Gasteiger charge is 2.40. The van der Waals surface area contributed by atoms with Gasteiger partial charge in [0, 0.05) is 5.54 Å². The van der Waals surface area contributed by atoms with Crippen LogP contribution in [-0.2, 0) is 0 Å². The number of nitrogens with one attached hydrogen (secondary N) is 1. The molecule has 1 aromatic rings. The molecule has 21 heavy (non-hydrogen) atoms. The van der Waals surface area contributed by atoms with E-state index in [4.69, 9.17) is 0 Å². The summed E-state index contributed by atoms with van der Waals surface area (Å²) in [6, 6.07) is 7.29. The van der Waals surface area contributed by atoms with E-state index in [1.54, 1.807) is 0 Å². The van der Waals surface area contributed by atoms with Crippen LogP contribution in [0.1, 0.15) is 62.8 Å². The number of benzene rings is 1. The summed E-state index contributed by atoms with van der Waals surface area (Å²) < 4.78 is 0. The maximum Gasteiger partial charge on any atom is 0.0507 e. The van der Waals surface area contributed by atoms with Crippen molar-refractivity contribution in [2.75, 3.05) is 19.6 Å². The van der Waals surface area contributed by atoms with E-state index in [2.05, 4.69) is 63.0 Å². The molecule has 0 aromatic heterocycles. The summed E-state index contributed by atoms with van der Waals surface area (Å²) >= 11 is 0. The lowest BCUT2D eigenvalue weighted by Gasteiger charge is -2.45. The third-order valence-electron chi connectivity index (χ3n) is 5.32. The summed E-state index contributed by atoms with van der Waals surface area (Å²) in [6.45, 7) is 15.0. The number of hydrogen-bond donors (Lipinski definition) is 1. The molecule has 2 nitrogen and oxygen atoms in total. The Bertz CT molecular complexity index is 463. The Morgan fingerprint density at radius 1 is 1.19 bits per heavy atom. The van der Waals surface area contributed by atoms with Gasteiger partial charge < -0.3 is 5.32 Å². The Morgan fingerprint density at radius 2 is 1.86 bits per heavy atom. The van der Waals surface area contributed by atoms with Crippen LogP contribution in [-0.4, -0.2) is 30.1 Å². The zero-order valence-corrected chi connectivity index (χ0v) is 14.5. The zero-order chi connectivity index (χ0) is 15.5. The van der Waals surface area contributed by atoms with Crippen LogP contribution in [0, 0.1) is 13.8 Å². The van der Waals surface area contributed by atoms with Gasteiger partial charge in [0.15, 0.2) is 0 Å². The Labute approximate surface area is 130 Å². The van der Waals surface area contributed by atoms with E-state index >= 15 is 0 Å². The Hall–Kier alpha value is -0.860. The molecule has 1 N–H and O–H groups in total. The van der Waals surface area contributed by atoms with Gasteiger partial charge in [0.05, 0.1) is 6.04 Å². The van der Waals surface area contributed by atoms with Crippen molar-refractivity contribution >= 4 is 0 Å². The van der Waals surface area contributed by atoms with E-state index in [9.17, 15) is 0 Å². The van der Waals surface area contributed by atoms with Crippen molar-refractivity contribution in [3.05, 3.63) is 34.9 Å². The largest absolute Gasteiger partial charge is 0.309 e. The second-order valence-electron chi connectivity index (χ2n) is 6.76. The number of nitrogens with zero attached hydrogens (tertiary/aromatic N) is 1. The molecule has 0 spiro atoms. The molecule has 118 valence electrons. The maximum absolute atomic E-state index is 3.79. The molecule has 2 atom stereocenters. The van der Waals surface area contributed by atoms with E-state index in [0.717, 1.165) is 6.54 Å².